The van der Waals surface area contributed by atoms with E-state index < -0.39 is 0 Å². The van der Waals surface area contributed by atoms with Gasteiger partial charge in [0.1, 0.15) is 0 Å². The maximum Gasteiger partial charge on any atom is 0.239 e. The number of hydrogen-bond acceptors (Lipinski definition) is 4. The predicted octanol–water partition coefficient (Wildman–Crippen LogP) is -0.362. The highest BCUT2D eigenvalue weighted by Gasteiger charge is 2.49. The third-order valence-corrected chi connectivity index (χ3v) is 5.05. The minimum Gasteiger partial charge on any atom is -0.327 e. The molecule has 3 fully saturated rings. The Morgan fingerprint density at radius 1 is 1.17 bits per heavy atom. The van der Waals surface area contributed by atoms with Gasteiger partial charge in [0, 0.05) is 32.2 Å². The van der Waals surface area contributed by atoms with Crippen molar-refractivity contribution in [2.45, 2.75) is 25.3 Å². The highest BCUT2D eigenvalue weighted by atomic mass is 16.2. The van der Waals surface area contributed by atoms with Crippen LogP contribution in [0.25, 0.3) is 0 Å². The first kappa shape index (κ1) is 12.4. The second kappa shape index (κ2) is 4.79. The number of fused-ring (bicyclic) bond motifs is 2. The number of carbonyl (C=O) groups excluding carboxylic acids is 1. The summed E-state index contributed by atoms with van der Waals surface area (Å²) in [5, 5.41) is 2.06. The molecule has 3 rings (SSSR count). The number of nitrogens with zero attached hydrogens (tertiary/aromatic N) is 2. The van der Waals surface area contributed by atoms with E-state index in [0.29, 0.717) is 11.8 Å². The molecule has 1 heterocycles. The molecule has 18 heavy (non-hydrogen) atoms. The second-order valence-electron chi connectivity index (χ2n) is 6.20. The first-order valence-electron chi connectivity index (χ1n) is 7.14. The molecule has 0 aromatic rings. The van der Waals surface area contributed by atoms with Crippen molar-refractivity contribution in [1.29, 1.82) is 0 Å². The average Bonchev–Trinajstić information content (AvgIpc) is 2.92. The van der Waals surface area contributed by atoms with Gasteiger partial charge in [0.05, 0.1) is 5.92 Å². The molecule has 0 spiro atoms. The van der Waals surface area contributed by atoms with Crippen LogP contribution in [0.3, 0.4) is 0 Å². The SMILES string of the molecule is CN1CCN(NC(=O)C2C3CCC(C3)C2N)CC1. The van der Waals surface area contributed by atoms with E-state index in [1.54, 1.807) is 0 Å². The third kappa shape index (κ3) is 2.15. The van der Waals surface area contributed by atoms with Gasteiger partial charge in [-0.05, 0) is 38.1 Å². The first-order valence-corrected chi connectivity index (χ1v) is 7.14. The summed E-state index contributed by atoms with van der Waals surface area (Å²) in [6, 6.07) is 0.0937. The molecule has 2 bridgehead atoms. The van der Waals surface area contributed by atoms with E-state index in [1.807, 2.05) is 0 Å². The van der Waals surface area contributed by atoms with Crippen LogP contribution >= 0.6 is 0 Å². The third-order valence-electron chi connectivity index (χ3n) is 5.05. The number of rotatable bonds is 2. The van der Waals surface area contributed by atoms with Gasteiger partial charge in [-0.2, -0.15) is 0 Å². The number of hydrazine groups is 1. The largest absolute Gasteiger partial charge is 0.327 e. The lowest BCUT2D eigenvalue weighted by Gasteiger charge is -2.35. The number of nitrogens with one attached hydrogen (secondary N) is 1. The van der Waals surface area contributed by atoms with E-state index in [1.165, 1.54) is 19.3 Å². The highest BCUT2D eigenvalue weighted by Crippen LogP contribution is 2.47. The molecule has 0 radical (unpaired) electrons. The van der Waals surface area contributed by atoms with E-state index in [4.69, 9.17) is 5.73 Å². The number of amides is 1. The van der Waals surface area contributed by atoms with Crippen LogP contribution in [0.2, 0.25) is 0 Å². The van der Waals surface area contributed by atoms with Crippen molar-refractivity contribution < 1.29 is 4.79 Å². The van der Waals surface area contributed by atoms with Gasteiger partial charge < -0.3 is 10.6 Å². The number of carbonyl (C=O) groups is 1. The fourth-order valence-corrected chi connectivity index (χ4v) is 3.87. The Hall–Kier alpha value is -0.650. The van der Waals surface area contributed by atoms with Crippen molar-refractivity contribution in [3.05, 3.63) is 0 Å². The average molecular weight is 252 g/mol. The van der Waals surface area contributed by atoms with E-state index >= 15 is 0 Å². The zero-order valence-corrected chi connectivity index (χ0v) is 11.1. The predicted molar refractivity (Wildman–Crippen MR) is 69.5 cm³/mol. The minimum absolute atomic E-state index is 0.0587. The van der Waals surface area contributed by atoms with Gasteiger partial charge in [-0.15, -0.1) is 0 Å². The Labute approximate surface area is 109 Å². The highest BCUT2D eigenvalue weighted by molar-refractivity contribution is 5.80. The first-order chi connectivity index (χ1) is 8.65. The molecule has 3 aliphatic rings. The molecule has 1 saturated heterocycles. The summed E-state index contributed by atoms with van der Waals surface area (Å²) < 4.78 is 0. The Balaban J connectivity index is 1.55. The molecule has 1 aliphatic heterocycles. The van der Waals surface area contributed by atoms with E-state index in [9.17, 15) is 4.79 Å². The van der Waals surface area contributed by atoms with Crippen molar-refractivity contribution in [3.8, 4) is 0 Å². The van der Waals surface area contributed by atoms with Crippen LogP contribution in [0, 0.1) is 17.8 Å². The topological polar surface area (TPSA) is 61.6 Å². The fraction of sp³-hybridized carbons (Fsp3) is 0.923. The normalized spacial score (nSPS) is 41.2. The van der Waals surface area contributed by atoms with Gasteiger partial charge in [-0.3, -0.25) is 10.2 Å². The van der Waals surface area contributed by atoms with Crippen molar-refractivity contribution in [2.24, 2.45) is 23.5 Å². The van der Waals surface area contributed by atoms with Gasteiger partial charge in [-0.1, -0.05) is 0 Å². The minimum atomic E-state index is 0.0587. The van der Waals surface area contributed by atoms with Crippen LogP contribution in [0.5, 0.6) is 0 Å². The molecule has 2 saturated carbocycles. The molecule has 2 aliphatic carbocycles. The van der Waals surface area contributed by atoms with Gasteiger partial charge >= 0.3 is 0 Å². The number of likely N-dealkylation sites (N-methyl/N-ethyl adjacent to an activating group) is 1. The molecule has 4 unspecified atom stereocenters. The zero-order chi connectivity index (χ0) is 12.7. The summed E-state index contributed by atoms with van der Waals surface area (Å²) in [6.07, 6.45) is 3.59. The smallest absolute Gasteiger partial charge is 0.239 e. The van der Waals surface area contributed by atoms with Gasteiger partial charge in [-0.25, -0.2) is 5.01 Å². The number of piperazine rings is 1. The van der Waals surface area contributed by atoms with Crippen LogP contribution in [0.4, 0.5) is 0 Å². The standard InChI is InChI=1S/C13H24N4O/c1-16-4-6-17(7-5-16)15-13(18)11-9-2-3-10(8-9)12(11)14/h9-12H,2-8,14H2,1H3,(H,15,18). The van der Waals surface area contributed by atoms with E-state index in [0.717, 1.165) is 26.2 Å². The molecule has 102 valence electrons. The van der Waals surface area contributed by atoms with Crippen LogP contribution in [0.1, 0.15) is 19.3 Å². The number of hydrogen-bond donors (Lipinski definition) is 2. The molecule has 3 N–H and O–H groups in total. The monoisotopic (exact) mass is 252 g/mol. The summed E-state index contributed by atoms with van der Waals surface area (Å²) in [7, 11) is 2.12. The van der Waals surface area contributed by atoms with E-state index in [-0.39, 0.29) is 17.9 Å². The quantitative estimate of drug-likeness (QED) is 0.704. The van der Waals surface area contributed by atoms with Gasteiger partial charge in [0.25, 0.3) is 0 Å². The van der Waals surface area contributed by atoms with Crippen molar-refractivity contribution in [3.63, 3.8) is 0 Å². The van der Waals surface area contributed by atoms with Crippen LogP contribution < -0.4 is 11.2 Å². The zero-order valence-electron chi connectivity index (χ0n) is 11.1. The maximum atomic E-state index is 12.3. The molecular weight excluding hydrogens is 228 g/mol. The summed E-state index contributed by atoms with van der Waals surface area (Å²) >= 11 is 0. The molecule has 5 nitrogen and oxygen atoms in total. The number of nitrogens with two attached hydrogens (primary N) is 1. The Bertz CT molecular complexity index is 325. The van der Waals surface area contributed by atoms with E-state index in [2.05, 4.69) is 22.4 Å². The van der Waals surface area contributed by atoms with Crippen molar-refractivity contribution in [2.75, 3.05) is 33.2 Å². The molecule has 1 amide bonds. The Kier molecular flexibility index (Phi) is 3.30. The van der Waals surface area contributed by atoms with Crippen LogP contribution in [-0.4, -0.2) is 55.1 Å². The summed E-state index contributed by atoms with van der Waals surface area (Å²) in [6.45, 7) is 3.86. The Morgan fingerprint density at radius 3 is 2.44 bits per heavy atom. The van der Waals surface area contributed by atoms with Crippen molar-refractivity contribution in [1.82, 2.24) is 15.3 Å². The van der Waals surface area contributed by atoms with Gasteiger partial charge in [0.15, 0.2) is 0 Å². The molecular formula is C13H24N4O. The van der Waals surface area contributed by atoms with Crippen molar-refractivity contribution >= 4 is 5.91 Å². The molecule has 0 aromatic carbocycles. The lowest BCUT2D eigenvalue weighted by Crippen LogP contribution is -2.56. The summed E-state index contributed by atoms with van der Waals surface area (Å²) in [5.74, 6) is 1.36. The second-order valence-corrected chi connectivity index (χ2v) is 6.20. The lowest BCUT2D eigenvalue weighted by atomic mass is 9.84. The molecule has 4 atom stereocenters. The summed E-state index contributed by atoms with van der Waals surface area (Å²) in [5.41, 5.74) is 9.29. The lowest BCUT2D eigenvalue weighted by molar-refractivity contribution is -0.132. The van der Waals surface area contributed by atoms with Gasteiger partial charge in [0.2, 0.25) is 5.91 Å². The fourth-order valence-electron chi connectivity index (χ4n) is 3.87. The van der Waals surface area contributed by atoms with Crippen LogP contribution in [-0.2, 0) is 4.79 Å². The Morgan fingerprint density at radius 2 is 1.83 bits per heavy atom. The molecule has 0 aromatic heterocycles. The summed E-state index contributed by atoms with van der Waals surface area (Å²) in [4.78, 5) is 14.6. The van der Waals surface area contributed by atoms with Crippen LogP contribution in [0.15, 0.2) is 0 Å². The molecule has 5 heteroatoms. The maximum absolute atomic E-state index is 12.3.